The lowest BCUT2D eigenvalue weighted by atomic mass is 10.4. The van der Waals surface area contributed by atoms with Gasteiger partial charge in [0.15, 0.2) is 5.82 Å². The molecule has 90 valence electrons. The molecule has 2 N–H and O–H groups in total. The second-order valence-electron chi connectivity index (χ2n) is 3.66. The number of H-pyrrole nitrogens is 1. The summed E-state index contributed by atoms with van der Waals surface area (Å²) in [6.07, 6.45) is 6.52. The Morgan fingerprint density at radius 2 is 2.41 bits per heavy atom. The van der Waals surface area contributed by atoms with E-state index in [-0.39, 0.29) is 0 Å². The molecule has 0 aromatic carbocycles. The fourth-order valence-corrected chi connectivity index (χ4v) is 1.58. The third kappa shape index (κ3) is 3.35. The highest BCUT2D eigenvalue weighted by molar-refractivity contribution is 7.71. The maximum Gasteiger partial charge on any atom is 0.215 e. The second-order valence-corrected chi connectivity index (χ2v) is 4.04. The van der Waals surface area contributed by atoms with Crippen molar-refractivity contribution in [2.45, 2.75) is 19.9 Å². The van der Waals surface area contributed by atoms with Crippen LogP contribution in [-0.2, 0) is 6.54 Å². The van der Waals surface area contributed by atoms with Crippen molar-refractivity contribution in [1.82, 2.24) is 24.7 Å². The molecule has 0 radical (unpaired) electrons. The average Bonchev–Trinajstić information content (AvgIpc) is 2.82. The Kier molecular flexibility index (Phi) is 3.81. The highest BCUT2D eigenvalue weighted by atomic mass is 32.1. The van der Waals surface area contributed by atoms with Crippen LogP contribution in [0.1, 0.15) is 12.1 Å². The number of aromatic amines is 1. The fraction of sp³-hybridized carbons (Fsp3) is 0.400. The van der Waals surface area contributed by atoms with Gasteiger partial charge in [0.25, 0.3) is 0 Å². The number of hydrogen-bond acceptors (Lipinski definition) is 5. The van der Waals surface area contributed by atoms with Crippen LogP contribution in [0.25, 0.3) is 0 Å². The molecule has 0 amide bonds. The van der Waals surface area contributed by atoms with E-state index in [1.165, 1.54) is 0 Å². The molecule has 0 aliphatic heterocycles. The van der Waals surface area contributed by atoms with E-state index in [2.05, 4.69) is 25.5 Å². The summed E-state index contributed by atoms with van der Waals surface area (Å²) in [5, 5.41) is 9.91. The second kappa shape index (κ2) is 5.53. The lowest BCUT2D eigenvalue weighted by Crippen LogP contribution is -2.09. The van der Waals surface area contributed by atoms with E-state index in [4.69, 9.17) is 12.2 Å². The summed E-state index contributed by atoms with van der Waals surface area (Å²) in [5.41, 5.74) is 0.821. The Hall–Kier alpha value is -1.76. The van der Waals surface area contributed by atoms with E-state index in [0.717, 1.165) is 31.0 Å². The van der Waals surface area contributed by atoms with Crippen LogP contribution in [-0.4, -0.2) is 31.3 Å². The number of nitrogens with zero attached hydrogens (tertiary/aromatic N) is 4. The molecule has 0 spiro atoms. The number of nitrogens with one attached hydrogen (secondary N) is 2. The predicted molar refractivity (Wildman–Crippen MR) is 67.3 cm³/mol. The van der Waals surface area contributed by atoms with Crippen molar-refractivity contribution in [3.8, 4) is 0 Å². The SMILES string of the molecule is Cc1n[nH]c(=S)nc1NCCCn1ccnc1. The zero-order chi connectivity index (χ0) is 12.1. The van der Waals surface area contributed by atoms with Gasteiger partial charge >= 0.3 is 0 Å². The molecule has 2 aromatic rings. The number of aryl methyl sites for hydroxylation is 2. The van der Waals surface area contributed by atoms with Crippen LogP contribution in [0.3, 0.4) is 0 Å². The van der Waals surface area contributed by atoms with Gasteiger partial charge in [0.2, 0.25) is 4.77 Å². The van der Waals surface area contributed by atoms with Crippen molar-refractivity contribution >= 4 is 18.0 Å². The quantitative estimate of drug-likeness (QED) is 0.622. The molecule has 0 saturated carbocycles. The number of anilines is 1. The smallest absolute Gasteiger partial charge is 0.215 e. The largest absolute Gasteiger partial charge is 0.368 e. The molecule has 2 rings (SSSR count). The first-order chi connectivity index (χ1) is 8.25. The topological polar surface area (TPSA) is 71.4 Å². The first kappa shape index (κ1) is 11.7. The van der Waals surface area contributed by atoms with Gasteiger partial charge in [0, 0.05) is 25.5 Å². The van der Waals surface area contributed by atoms with Gasteiger partial charge in [0.05, 0.1) is 12.0 Å². The van der Waals surface area contributed by atoms with Crippen LogP contribution in [0.5, 0.6) is 0 Å². The zero-order valence-electron chi connectivity index (χ0n) is 9.55. The molecule has 2 aromatic heterocycles. The molecule has 17 heavy (non-hydrogen) atoms. The minimum Gasteiger partial charge on any atom is -0.368 e. The number of imidazole rings is 1. The third-order valence-corrected chi connectivity index (χ3v) is 2.50. The Morgan fingerprint density at radius 1 is 1.53 bits per heavy atom. The molecule has 2 heterocycles. The molecule has 0 bridgehead atoms. The Bertz CT molecular complexity index is 518. The fourth-order valence-electron chi connectivity index (χ4n) is 1.45. The van der Waals surface area contributed by atoms with Crippen molar-refractivity contribution in [2.75, 3.05) is 11.9 Å². The maximum atomic E-state index is 4.92. The summed E-state index contributed by atoms with van der Waals surface area (Å²) in [5.74, 6) is 0.749. The average molecular weight is 250 g/mol. The van der Waals surface area contributed by atoms with Gasteiger partial charge in [-0.05, 0) is 25.6 Å². The highest BCUT2D eigenvalue weighted by Crippen LogP contribution is 2.05. The summed E-state index contributed by atoms with van der Waals surface area (Å²) in [4.78, 5) is 8.16. The van der Waals surface area contributed by atoms with Crippen LogP contribution < -0.4 is 5.32 Å². The lowest BCUT2D eigenvalue weighted by molar-refractivity contribution is 0.659. The van der Waals surface area contributed by atoms with Gasteiger partial charge < -0.3 is 9.88 Å². The van der Waals surface area contributed by atoms with E-state index in [0.29, 0.717) is 4.77 Å². The Morgan fingerprint density at radius 3 is 3.18 bits per heavy atom. The standard InChI is InChI=1S/C10H14N6S/c1-8-9(13-10(17)15-14-8)12-3-2-5-16-6-4-11-7-16/h4,6-7H,2-3,5H2,1H3,(H2,12,13,15,17). The van der Waals surface area contributed by atoms with Crippen LogP contribution in [0.4, 0.5) is 5.82 Å². The Labute approximate surface area is 104 Å². The molecular weight excluding hydrogens is 236 g/mol. The van der Waals surface area contributed by atoms with Crippen LogP contribution in [0.2, 0.25) is 0 Å². The number of aromatic nitrogens is 5. The minimum absolute atomic E-state index is 0.396. The maximum absolute atomic E-state index is 4.92. The van der Waals surface area contributed by atoms with Crippen molar-refractivity contribution in [3.05, 3.63) is 29.2 Å². The van der Waals surface area contributed by atoms with Gasteiger partial charge in [-0.15, -0.1) is 0 Å². The molecule has 0 aliphatic carbocycles. The van der Waals surface area contributed by atoms with E-state index in [1.807, 2.05) is 24.0 Å². The molecular formula is C10H14N6S. The monoisotopic (exact) mass is 250 g/mol. The summed E-state index contributed by atoms with van der Waals surface area (Å²) in [6.45, 7) is 3.64. The summed E-state index contributed by atoms with van der Waals surface area (Å²) in [7, 11) is 0. The highest BCUT2D eigenvalue weighted by Gasteiger charge is 1.99. The van der Waals surface area contributed by atoms with Crippen molar-refractivity contribution in [2.24, 2.45) is 0 Å². The first-order valence-electron chi connectivity index (χ1n) is 5.38. The van der Waals surface area contributed by atoms with Crippen molar-refractivity contribution in [1.29, 1.82) is 0 Å². The zero-order valence-corrected chi connectivity index (χ0v) is 10.4. The third-order valence-electron chi connectivity index (χ3n) is 2.32. The molecule has 0 aliphatic rings. The van der Waals surface area contributed by atoms with E-state index < -0.39 is 0 Å². The van der Waals surface area contributed by atoms with E-state index in [9.17, 15) is 0 Å². The Balaban J connectivity index is 1.82. The first-order valence-corrected chi connectivity index (χ1v) is 5.79. The predicted octanol–water partition coefficient (Wildman–Crippen LogP) is 1.54. The van der Waals surface area contributed by atoms with Gasteiger partial charge in [0.1, 0.15) is 0 Å². The van der Waals surface area contributed by atoms with Gasteiger partial charge in [-0.2, -0.15) is 10.1 Å². The number of rotatable bonds is 5. The van der Waals surface area contributed by atoms with Gasteiger partial charge in [-0.25, -0.2) is 4.98 Å². The lowest BCUT2D eigenvalue weighted by Gasteiger charge is -2.07. The molecule has 0 unspecified atom stereocenters. The molecule has 0 fully saturated rings. The minimum atomic E-state index is 0.396. The van der Waals surface area contributed by atoms with Crippen LogP contribution in [0.15, 0.2) is 18.7 Å². The normalized spacial score (nSPS) is 10.4. The summed E-state index contributed by atoms with van der Waals surface area (Å²) >= 11 is 4.92. The van der Waals surface area contributed by atoms with Gasteiger partial charge in [-0.3, -0.25) is 5.10 Å². The summed E-state index contributed by atoms with van der Waals surface area (Å²) in [6, 6.07) is 0. The molecule has 6 nitrogen and oxygen atoms in total. The van der Waals surface area contributed by atoms with E-state index >= 15 is 0 Å². The molecule has 0 saturated heterocycles. The number of hydrogen-bond donors (Lipinski definition) is 2. The van der Waals surface area contributed by atoms with Crippen LogP contribution >= 0.6 is 12.2 Å². The van der Waals surface area contributed by atoms with Crippen molar-refractivity contribution < 1.29 is 0 Å². The van der Waals surface area contributed by atoms with Crippen LogP contribution in [0, 0.1) is 11.7 Å². The molecule has 7 heteroatoms. The van der Waals surface area contributed by atoms with Gasteiger partial charge in [-0.1, -0.05) is 0 Å². The van der Waals surface area contributed by atoms with E-state index in [1.54, 1.807) is 6.20 Å². The van der Waals surface area contributed by atoms with Crippen molar-refractivity contribution in [3.63, 3.8) is 0 Å². The molecule has 0 atom stereocenters. The summed E-state index contributed by atoms with van der Waals surface area (Å²) < 4.78 is 2.44.